The van der Waals surface area contributed by atoms with Crippen LogP contribution in [0.1, 0.15) is 30.1 Å². The highest BCUT2D eigenvalue weighted by Crippen LogP contribution is 2.21. The van der Waals surface area contributed by atoms with Gasteiger partial charge in [0.2, 0.25) is 0 Å². The van der Waals surface area contributed by atoms with E-state index in [4.69, 9.17) is 9.84 Å². The fourth-order valence-corrected chi connectivity index (χ4v) is 1.67. The summed E-state index contributed by atoms with van der Waals surface area (Å²) >= 11 is 0. The third kappa shape index (κ3) is 3.67. The van der Waals surface area contributed by atoms with Gasteiger partial charge >= 0.3 is 5.97 Å². The lowest BCUT2D eigenvalue weighted by atomic mass is 10.1. The van der Waals surface area contributed by atoms with E-state index in [9.17, 15) is 14.0 Å². The molecule has 0 bridgehead atoms. The summed E-state index contributed by atoms with van der Waals surface area (Å²) in [5, 5.41) is 11.2. The van der Waals surface area contributed by atoms with Crippen molar-refractivity contribution < 1.29 is 23.8 Å². The summed E-state index contributed by atoms with van der Waals surface area (Å²) < 4.78 is 18.5. The van der Waals surface area contributed by atoms with Gasteiger partial charge in [0.15, 0.2) is 0 Å². The van der Waals surface area contributed by atoms with Gasteiger partial charge < -0.3 is 15.2 Å². The smallest absolute Gasteiger partial charge is 0.326 e. The fourth-order valence-electron chi connectivity index (χ4n) is 1.67. The summed E-state index contributed by atoms with van der Waals surface area (Å²) in [5.74, 6) is -2.63. The number of carboxylic acids is 1. The van der Waals surface area contributed by atoms with Gasteiger partial charge in [-0.25, -0.2) is 9.18 Å². The van der Waals surface area contributed by atoms with Crippen LogP contribution >= 0.6 is 0 Å². The quantitative estimate of drug-likeness (QED) is 0.826. The van der Waals surface area contributed by atoms with Crippen molar-refractivity contribution in [1.82, 2.24) is 5.32 Å². The number of hydrogen-bond donors (Lipinski definition) is 2. The average molecular weight is 269 g/mol. The van der Waals surface area contributed by atoms with Gasteiger partial charge in [0, 0.05) is 0 Å². The van der Waals surface area contributed by atoms with Crippen LogP contribution in [-0.4, -0.2) is 30.1 Å². The van der Waals surface area contributed by atoms with Crippen LogP contribution < -0.4 is 10.1 Å². The van der Waals surface area contributed by atoms with Crippen LogP contribution in [0.3, 0.4) is 0 Å². The first-order valence-electron chi connectivity index (χ1n) is 5.87. The van der Waals surface area contributed by atoms with E-state index in [0.717, 1.165) is 6.07 Å². The molecule has 0 aliphatic rings. The van der Waals surface area contributed by atoms with Crippen LogP contribution in [0.4, 0.5) is 4.39 Å². The first-order chi connectivity index (χ1) is 9.01. The van der Waals surface area contributed by atoms with Gasteiger partial charge in [0.25, 0.3) is 5.91 Å². The molecule has 0 aliphatic heterocycles. The number of amides is 1. The van der Waals surface area contributed by atoms with E-state index in [1.165, 1.54) is 19.2 Å². The van der Waals surface area contributed by atoms with E-state index in [1.54, 1.807) is 6.92 Å². The number of carbonyl (C=O) groups excluding carboxylic acids is 1. The Balaban J connectivity index is 2.97. The molecule has 0 radical (unpaired) electrons. The van der Waals surface area contributed by atoms with Gasteiger partial charge in [0.05, 0.1) is 7.11 Å². The summed E-state index contributed by atoms with van der Waals surface area (Å²) in [6.07, 6.45) is 0.865. The van der Waals surface area contributed by atoms with E-state index in [0.29, 0.717) is 6.42 Å². The lowest BCUT2D eigenvalue weighted by molar-refractivity contribution is -0.139. The number of benzene rings is 1. The Bertz CT molecular complexity index is 476. The number of ether oxygens (including phenoxy) is 1. The molecule has 0 spiro atoms. The highest BCUT2D eigenvalue weighted by atomic mass is 19.1. The van der Waals surface area contributed by atoms with E-state index in [2.05, 4.69) is 5.32 Å². The Hall–Kier alpha value is -2.11. The van der Waals surface area contributed by atoms with Crippen molar-refractivity contribution in [3.8, 4) is 5.75 Å². The molecule has 1 rings (SSSR count). The van der Waals surface area contributed by atoms with Crippen molar-refractivity contribution in [1.29, 1.82) is 0 Å². The van der Waals surface area contributed by atoms with Gasteiger partial charge in [-0.15, -0.1) is 0 Å². The number of nitrogens with one attached hydrogen (secondary N) is 1. The minimum Gasteiger partial charge on any atom is -0.496 e. The van der Waals surface area contributed by atoms with Gasteiger partial charge in [0.1, 0.15) is 23.2 Å². The molecule has 0 heterocycles. The van der Waals surface area contributed by atoms with Crippen molar-refractivity contribution in [2.24, 2.45) is 0 Å². The molecule has 0 saturated heterocycles. The average Bonchev–Trinajstić information content (AvgIpc) is 2.37. The van der Waals surface area contributed by atoms with Crippen LogP contribution in [0.15, 0.2) is 18.2 Å². The zero-order valence-corrected chi connectivity index (χ0v) is 10.8. The first-order valence-corrected chi connectivity index (χ1v) is 5.87. The Morgan fingerprint density at radius 1 is 1.47 bits per heavy atom. The molecule has 0 unspecified atom stereocenters. The maximum atomic E-state index is 13.6. The maximum absolute atomic E-state index is 13.6. The highest BCUT2D eigenvalue weighted by molar-refractivity contribution is 5.99. The number of carboxylic acid groups (broad SMARTS) is 1. The molecule has 1 amide bonds. The molecule has 6 heteroatoms. The molecule has 2 N–H and O–H groups in total. The Morgan fingerprint density at radius 2 is 2.16 bits per heavy atom. The van der Waals surface area contributed by atoms with Crippen LogP contribution in [-0.2, 0) is 4.79 Å². The minimum absolute atomic E-state index is 0.0677. The highest BCUT2D eigenvalue weighted by Gasteiger charge is 2.23. The Kier molecular flexibility index (Phi) is 5.29. The zero-order valence-electron chi connectivity index (χ0n) is 10.8. The van der Waals surface area contributed by atoms with Gasteiger partial charge in [-0.2, -0.15) is 0 Å². The lowest BCUT2D eigenvalue weighted by Gasteiger charge is -2.15. The summed E-state index contributed by atoms with van der Waals surface area (Å²) in [6, 6.07) is 2.92. The molecule has 104 valence electrons. The number of halogens is 1. The minimum atomic E-state index is -1.15. The predicted molar refractivity (Wildman–Crippen MR) is 66.8 cm³/mol. The topological polar surface area (TPSA) is 75.6 Å². The molecule has 1 aromatic rings. The SMILES string of the molecule is CCC[C@H](NC(=O)c1c(F)cccc1OC)C(=O)O. The third-order valence-electron chi connectivity index (χ3n) is 2.60. The standard InChI is InChI=1S/C13H16FNO4/c1-3-5-9(13(17)18)15-12(16)11-8(14)6-4-7-10(11)19-2/h4,6-7,9H,3,5H2,1-2H3,(H,15,16)(H,17,18)/t9-/m0/s1. The largest absolute Gasteiger partial charge is 0.496 e. The normalized spacial score (nSPS) is 11.7. The third-order valence-corrected chi connectivity index (χ3v) is 2.60. The number of hydrogen-bond acceptors (Lipinski definition) is 3. The zero-order chi connectivity index (χ0) is 14.4. The second-order valence-corrected chi connectivity index (χ2v) is 3.97. The number of methoxy groups -OCH3 is 1. The monoisotopic (exact) mass is 269 g/mol. The molecule has 1 atom stereocenters. The molecule has 1 aromatic carbocycles. The summed E-state index contributed by atoms with van der Waals surface area (Å²) in [5.41, 5.74) is -0.285. The molecule has 0 aliphatic carbocycles. The van der Waals surface area contributed by atoms with Crippen molar-refractivity contribution in [2.75, 3.05) is 7.11 Å². The maximum Gasteiger partial charge on any atom is 0.326 e. The summed E-state index contributed by atoms with van der Waals surface area (Å²) in [6.45, 7) is 1.80. The van der Waals surface area contributed by atoms with E-state index in [1.807, 2.05) is 0 Å². The van der Waals surface area contributed by atoms with Crippen molar-refractivity contribution in [2.45, 2.75) is 25.8 Å². The van der Waals surface area contributed by atoms with Crippen LogP contribution in [0, 0.1) is 5.82 Å². The van der Waals surface area contributed by atoms with Gasteiger partial charge in [-0.1, -0.05) is 19.4 Å². The molecule has 0 aromatic heterocycles. The van der Waals surface area contributed by atoms with Gasteiger partial charge in [-0.3, -0.25) is 4.79 Å². The lowest BCUT2D eigenvalue weighted by Crippen LogP contribution is -2.41. The van der Waals surface area contributed by atoms with Crippen LogP contribution in [0.25, 0.3) is 0 Å². The van der Waals surface area contributed by atoms with Gasteiger partial charge in [-0.05, 0) is 18.6 Å². The molecular formula is C13H16FNO4. The molecule has 0 fully saturated rings. The Morgan fingerprint density at radius 3 is 2.68 bits per heavy atom. The number of carbonyl (C=O) groups is 2. The summed E-state index contributed by atoms with van der Waals surface area (Å²) in [7, 11) is 1.31. The fraction of sp³-hybridized carbons (Fsp3) is 0.385. The molecule has 19 heavy (non-hydrogen) atoms. The second-order valence-electron chi connectivity index (χ2n) is 3.97. The van der Waals surface area contributed by atoms with Crippen molar-refractivity contribution in [3.05, 3.63) is 29.6 Å². The van der Waals surface area contributed by atoms with Crippen LogP contribution in [0.5, 0.6) is 5.75 Å². The van der Waals surface area contributed by atoms with Crippen molar-refractivity contribution in [3.63, 3.8) is 0 Å². The van der Waals surface area contributed by atoms with Crippen LogP contribution in [0.2, 0.25) is 0 Å². The second kappa shape index (κ2) is 6.72. The summed E-state index contributed by atoms with van der Waals surface area (Å²) in [4.78, 5) is 22.9. The number of aliphatic carboxylic acids is 1. The van der Waals surface area contributed by atoms with E-state index >= 15 is 0 Å². The molecule has 5 nitrogen and oxygen atoms in total. The van der Waals surface area contributed by atoms with E-state index < -0.39 is 23.7 Å². The van der Waals surface area contributed by atoms with Crippen molar-refractivity contribution >= 4 is 11.9 Å². The first kappa shape index (κ1) is 14.9. The molecular weight excluding hydrogens is 253 g/mol. The van der Waals surface area contributed by atoms with E-state index in [-0.39, 0.29) is 17.7 Å². The Labute approximate surface area is 110 Å². The molecule has 0 saturated carbocycles. The predicted octanol–water partition coefficient (Wildman–Crippen LogP) is 1.82. The number of rotatable bonds is 6.